The molecular formula is C21H20N6O4S3. The summed E-state index contributed by atoms with van der Waals surface area (Å²) >= 11 is 2.29. The number of nitrogens with zero attached hydrogens (tertiary/aromatic N) is 4. The van der Waals surface area contributed by atoms with E-state index in [1.165, 1.54) is 28.8 Å². The molecule has 0 unspecified atom stereocenters. The Hall–Kier alpha value is -3.29. The SMILES string of the molecule is CCn1c(SCC(=O)Nc2ccc(S(=O)(=O)Nc3nnc(C)s3)cc2)nc2ccccc2c1=O. The van der Waals surface area contributed by atoms with E-state index >= 15 is 0 Å². The lowest BCUT2D eigenvalue weighted by atomic mass is 10.2. The lowest BCUT2D eigenvalue weighted by molar-refractivity contribution is -0.113. The Bertz CT molecular complexity index is 1510. The first kappa shape index (κ1) is 23.9. The van der Waals surface area contributed by atoms with Gasteiger partial charge < -0.3 is 5.32 Å². The number of aryl methyl sites for hydroxylation is 1. The normalized spacial score (nSPS) is 11.5. The van der Waals surface area contributed by atoms with Crippen LogP contribution in [0.1, 0.15) is 11.9 Å². The van der Waals surface area contributed by atoms with Crippen molar-refractivity contribution in [3.05, 3.63) is 63.9 Å². The van der Waals surface area contributed by atoms with Gasteiger partial charge in [-0.05, 0) is 50.2 Å². The summed E-state index contributed by atoms with van der Waals surface area (Å²) < 4.78 is 28.9. The van der Waals surface area contributed by atoms with E-state index in [0.29, 0.717) is 33.3 Å². The number of benzene rings is 2. The Balaban J connectivity index is 1.41. The van der Waals surface area contributed by atoms with Crippen molar-refractivity contribution < 1.29 is 13.2 Å². The molecule has 0 aliphatic carbocycles. The number of carbonyl (C=O) groups excluding carboxylic acids is 1. The summed E-state index contributed by atoms with van der Waals surface area (Å²) in [5.74, 6) is -0.281. The Morgan fingerprint density at radius 1 is 1.12 bits per heavy atom. The van der Waals surface area contributed by atoms with E-state index in [2.05, 4.69) is 25.2 Å². The molecule has 1 amide bonds. The van der Waals surface area contributed by atoms with E-state index in [9.17, 15) is 18.0 Å². The van der Waals surface area contributed by atoms with Crippen molar-refractivity contribution in [2.24, 2.45) is 0 Å². The minimum Gasteiger partial charge on any atom is -0.325 e. The lowest BCUT2D eigenvalue weighted by Gasteiger charge is -2.11. The molecule has 0 radical (unpaired) electrons. The summed E-state index contributed by atoms with van der Waals surface area (Å²) in [6.45, 7) is 4.00. The average molecular weight is 517 g/mol. The topological polar surface area (TPSA) is 136 Å². The van der Waals surface area contributed by atoms with Crippen LogP contribution in [0.4, 0.5) is 10.8 Å². The van der Waals surface area contributed by atoms with E-state index in [1.807, 2.05) is 6.92 Å². The van der Waals surface area contributed by atoms with Crippen molar-refractivity contribution in [1.29, 1.82) is 0 Å². The van der Waals surface area contributed by atoms with Crippen molar-refractivity contribution in [2.45, 2.75) is 30.4 Å². The third kappa shape index (κ3) is 5.26. The predicted octanol–water partition coefficient (Wildman–Crippen LogP) is 3.11. The predicted molar refractivity (Wildman–Crippen MR) is 133 cm³/mol. The molecule has 13 heteroatoms. The first-order chi connectivity index (χ1) is 16.3. The fourth-order valence-electron chi connectivity index (χ4n) is 3.09. The molecular weight excluding hydrogens is 496 g/mol. The van der Waals surface area contributed by atoms with Gasteiger partial charge in [0, 0.05) is 12.2 Å². The van der Waals surface area contributed by atoms with Crippen LogP contribution in [0.5, 0.6) is 0 Å². The monoisotopic (exact) mass is 516 g/mol. The van der Waals surface area contributed by atoms with Crippen LogP contribution in [0, 0.1) is 6.92 Å². The maximum atomic E-state index is 12.7. The first-order valence-corrected chi connectivity index (χ1v) is 13.4. The van der Waals surface area contributed by atoms with Gasteiger partial charge >= 0.3 is 0 Å². The summed E-state index contributed by atoms with van der Waals surface area (Å²) in [6, 6.07) is 12.9. The quantitative estimate of drug-likeness (QED) is 0.269. The van der Waals surface area contributed by atoms with Gasteiger partial charge in [0.2, 0.25) is 11.0 Å². The lowest BCUT2D eigenvalue weighted by Crippen LogP contribution is -2.23. The molecule has 2 N–H and O–H groups in total. The highest BCUT2D eigenvalue weighted by Crippen LogP contribution is 2.22. The van der Waals surface area contributed by atoms with E-state index in [1.54, 1.807) is 31.2 Å². The summed E-state index contributed by atoms with van der Waals surface area (Å²) in [5, 5.41) is 12.1. The molecule has 2 heterocycles. The molecule has 0 saturated heterocycles. The highest BCUT2D eigenvalue weighted by molar-refractivity contribution is 7.99. The van der Waals surface area contributed by atoms with Crippen LogP contribution in [0.25, 0.3) is 10.9 Å². The minimum atomic E-state index is -3.82. The molecule has 0 bridgehead atoms. The Labute approximate surface area is 203 Å². The zero-order valence-electron chi connectivity index (χ0n) is 18.2. The molecule has 0 atom stereocenters. The number of nitrogens with one attached hydrogen (secondary N) is 2. The van der Waals surface area contributed by atoms with E-state index in [4.69, 9.17) is 0 Å². The van der Waals surface area contributed by atoms with Gasteiger partial charge in [-0.3, -0.25) is 18.9 Å². The van der Waals surface area contributed by atoms with E-state index in [0.717, 1.165) is 23.1 Å². The second-order valence-electron chi connectivity index (χ2n) is 7.05. The van der Waals surface area contributed by atoms with Gasteiger partial charge in [-0.15, -0.1) is 10.2 Å². The van der Waals surface area contributed by atoms with Gasteiger partial charge in [0.15, 0.2) is 5.16 Å². The van der Waals surface area contributed by atoms with Crippen LogP contribution in [0.15, 0.2) is 63.4 Å². The number of hydrogen-bond acceptors (Lipinski definition) is 9. The van der Waals surface area contributed by atoms with Crippen LogP contribution in [0.2, 0.25) is 0 Å². The zero-order valence-corrected chi connectivity index (χ0v) is 20.6. The second-order valence-corrected chi connectivity index (χ2v) is 10.9. The molecule has 4 rings (SSSR count). The van der Waals surface area contributed by atoms with E-state index in [-0.39, 0.29) is 27.2 Å². The molecule has 0 fully saturated rings. The summed E-state index contributed by atoms with van der Waals surface area (Å²) in [6.07, 6.45) is 0. The van der Waals surface area contributed by atoms with Crippen LogP contribution in [-0.2, 0) is 21.4 Å². The van der Waals surface area contributed by atoms with Crippen molar-refractivity contribution >= 4 is 60.8 Å². The Morgan fingerprint density at radius 2 is 1.85 bits per heavy atom. The fraction of sp³-hybridized carbons (Fsp3) is 0.190. The van der Waals surface area contributed by atoms with Crippen molar-refractivity contribution in [3.63, 3.8) is 0 Å². The number of carbonyl (C=O) groups is 1. The molecule has 34 heavy (non-hydrogen) atoms. The van der Waals surface area contributed by atoms with Gasteiger partial charge in [-0.25, -0.2) is 13.4 Å². The smallest absolute Gasteiger partial charge is 0.263 e. The Morgan fingerprint density at radius 3 is 2.53 bits per heavy atom. The molecule has 2 aromatic heterocycles. The molecule has 0 aliphatic heterocycles. The second kappa shape index (κ2) is 9.91. The summed E-state index contributed by atoms with van der Waals surface area (Å²) in [4.78, 5) is 29.7. The third-order valence-corrected chi connectivity index (χ3v) is 7.89. The summed E-state index contributed by atoms with van der Waals surface area (Å²) in [5.41, 5.74) is 0.870. The Kier molecular flexibility index (Phi) is 6.95. The molecule has 10 nitrogen and oxygen atoms in total. The molecule has 4 aromatic rings. The number of anilines is 2. The van der Waals surface area contributed by atoms with Crippen LogP contribution >= 0.6 is 23.1 Å². The van der Waals surface area contributed by atoms with Gasteiger partial charge in [-0.2, -0.15) is 0 Å². The number of fused-ring (bicyclic) bond motifs is 1. The van der Waals surface area contributed by atoms with Crippen LogP contribution in [-0.4, -0.2) is 39.8 Å². The molecule has 176 valence electrons. The van der Waals surface area contributed by atoms with Crippen LogP contribution < -0.4 is 15.6 Å². The fourth-order valence-corrected chi connectivity index (χ4v) is 5.78. The number of thioether (sulfide) groups is 1. The van der Waals surface area contributed by atoms with Crippen molar-refractivity contribution in [2.75, 3.05) is 15.8 Å². The zero-order chi connectivity index (χ0) is 24.3. The van der Waals surface area contributed by atoms with Gasteiger partial charge in [0.25, 0.3) is 15.6 Å². The molecule has 0 saturated carbocycles. The number of rotatable bonds is 8. The molecule has 0 spiro atoms. The van der Waals surface area contributed by atoms with Crippen molar-refractivity contribution in [3.8, 4) is 0 Å². The standard InChI is InChI=1S/C21H20N6O4S3/c1-3-27-19(29)16-6-4-5-7-17(16)23-21(27)32-12-18(28)22-14-8-10-15(11-9-14)34(30,31)26-20-25-24-13(2)33-20/h4-11H,3,12H2,1-2H3,(H,22,28)(H,25,26). The van der Waals surface area contributed by atoms with Gasteiger partial charge in [0.1, 0.15) is 5.01 Å². The van der Waals surface area contributed by atoms with Gasteiger partial charge in [-0.1, -0.05) is 35.2 Å². The van der Waals surface area contributed by atoms with E-state index < -0.39 is 10.0 Å². The number of amides is 1. The number of aromatic nitrogens is 4. The minimum absolute atomic E-state index is 0.0278. The highest BCUT2D eigenvalue weighted by atomic mass is 32.2. The number of hydrogen-bond donors (Lipinski definition) is 2. The third-order valence-electron chi connectivity index (χ3n) is 4.67. The highest BCUT2D eigenvalue weighted by Gasteiger charge is 2.17. The van der Waals surface area contributed by atoms with Crippen LogP contribution in [0.3, 0.4) is 0 Å². The average Bonchev–Trinajstić information content (AvgIpc) is 3.22. The summed E-state index contributed by atoms with van der Waals surface area (Å²) in [7, 11) is -3.82. The first-order valence-electron chi connectivity index (χ1n) is 10.1. The van der Waals surface area contributed by atoms with Gasteiger partial charge in [0.05, 0.1) is 21.6 Å². The number of sulfonamides is 1. The maximum Gasteiger partial charge on any atom is 0.263 e. The largest absolute Gasteiger partial charge is 0.325 e. The van der Waals surface area contributed by atoms with Crippen molar-refractivity contribution in [1.82, 2.24) is 19.7 Å². The number of para-hydroxylation sites is 1. The maximum absolute atomic E-state index is 12.7. The molecule has 0 aliphatic rings. The molecule has 2 aromatic carbocycles.